The third-order valence-electron chi connectivity index (χ3n) is 2.28. The Labute approximate surface area is 108 Å². The van der Waals surface area contributed by atoms with E-state index < -0.39 is 11.8 Å². The lowest BCUT2D eigenvalue weighted by atomic mass is 10.2. The van der Waals surface area contributed by atoms with E-state index in [0.29, 0.717) is 10.7 Å². The first-order valence-electron chi connectivity index (χ1n) is 5.19. The summed E-state index contributed by atoms with van der Waals surface area (Å²) in [5.74, 6) is -0.970. The Bertz CT molecular complexity index is 557. The molecule has 0 saturated carbocycles. The van der Waals surface area contributed by atoms with Crippen molar-refractivity contribution in [3.8, 4) is 0 Å². The predicted molar refractivity (Wildman–Crippen MR) is 64.8 cm³/mol. The molecule has 0 fully saturated rings. The van der Waals surface area contributed by atoms with Crippen molar-refractivity contribution in [2.45, 2.75) is 6.61 Å². The minimum Gasteiger partial charge on any atom is -0.457 e. The highest BCUT2D eigenvalue weighted by atomic mass is 35.5. The molecule has 0 spiro atoms. The number of nitrogens with zero attached hydrogens (tertiary/aromatic N) is 1. The summed E-state index contributed by atoms with van der Waals surface area (Å²) in [4.78, 5) is 15.4. The molecule has 1 heterocycles. The molecular weight excluding hydrogens is 257 g/mol. The smallest absolute Gasteiger partial charge is 0.340 e. The normalized spacial score (nSPS) is 10.1. The summed E-state index contributed by atoms with van der Waals surface area (Å²) >= 11 is 5.60. The maximum Gasteiger partial charge on any atom is 0.340 e. The maximum absolute atomic E-state index is 13.3. The summed E-state index contributed by atoms with van der Waals surface area (Å²) in [5, 5.41) is 0.292. The Morgan fingerprint density at radius 1 is 1.28 bits per heavy atom. The molecule has 0 radical (unpaired) electrons. The standard InChI is InChI=1S/C13H9ClFNO2/c14-12-6-5-9(7-16-12)13(17)18-8-10-3-1-2-4-11(10)15/h1-7H,8H2. The van der Waals surface area contributed by atoms with Crippen LogP contribution in [0, 0.1) is 5.82 Å². The molecule has 0 N–H and O–H groups in total. The van der Waals surface area contributed by atoms with Gasteiger partial charge in [-0.2, -0.15) is 0 Å². The second kappa shape index (κ2) is 5.60. The van der Waals surface area contributed by atoms with Gasteiger partial charge in [0.15, 0.2) is 0 Å². The van der Waals surface area contributed by atoms with Crippen molar-refractivity contribution in [1.29, 1.82) is 0 Å². The number of carbonyl (C=O) groups excluding carboxylic acids is 1. The van der Waals surface area contributed by atoms with Gasteiger partial charge in [-0.3, -0.25) is 0 Å². The Morgan fingerprint density at radius 2 is 2.06 bits per heavy atom. The zero-order valence-electron chi connectivity index (χ0n) is 9.27. The first-order valence-corrected chi connectivity index (χ1v) is 5.56. The molecule has 18 heavy (non-hydrogen) atoms. The molecule has 0 aliphatic rings. The first-order chi connectivity index (χ1) is 8.66. The lowest BCUT2D eigenvalue weighted by molar-refractivity contribution is 0.0468. The van der Waals surface area contributed by atoms with Crippen LogP contribution in [-0.4, -0.2) is 11.0 Å². The van der Waals surface area contributed by atoms with Crippen LogP contribution in [0.15, 0.2) is 42.6 Å². The van der Waals surface area contributed by atoms with E-state index in [0.717, 1.165) is 0 Å². The second-order valence-corrected chi connectivity index (χ2v) is 3.92. The van der Waals surface area contributed by atoms with Crippen LogP contribution in [0.25, 0.3) is 0 Å². The van der Waals surface area contributed by atoms with Crippen molar-refractivity contribution in [1.82, 2.24) is 4.98 Å². The van der Waals surface area contributed by atoms with Gasteiger partial charge in [0, 0.05) is 11.8 Å². The fourth-order valence-electron chi connectivity index (χ4n) is 1.34. The fourth-order valence-corrected chi connectivity index (χ4v) is 1.45. The van der Waals surface area contributed by atoms with Gasteiger partial charge in [-0.05, 0) is 18.2 Å². The lowest BCUT2D eigenvalue weighted by Crippen LogP contribution is -2.06. The second-order valence-electron chi connectivity index (χ2n) is 3.54. The summed E-state index contributed by atoms with van der Waals surface area (Å²) in [5.41, 5.74) is 0.600. The lowest BCUT2D eigenvalue weighted by Gasteiger charge is -2.05. The topological polar surface area (TPSA) is 39.2 Å². The van der Waals surface area contributed by atoms with Crippen molar-refractivity contribution in [2.24, 2.45) is 0 Å². The van der Waals surface area contributed by atoms with Crippen LogP contribution in [0.3, 0.4) is 0 Å². The summed E-state index contributed by atoms with van der Waals surface area (Å²) in [6.45, 7) is -0.117. The molecule has 0 aliphatic heterocycles. The number of ether oxygens (including phenoxy) is 1. The van der Waals surface area contributed by atoms with E-state index in [-0.39, 0.29) is 12.2 Å². The molecule has 3 nitrogen and oxygen atoms in total. The van der Waals surface area contributed by atoms with Gasteiger partial charge in [-0.15, -0.1) is 0 Å². The average molecular weight is 266 g/mol. The van der Waals surface area contributed by atoms with Gasteiger partial charge < -0.3 is 4.74 Å². The molecule has 0 atom stereocenters. The minimum atomic E-state index is -0.567. The molecule has 0 aliphatic carbocycles. The Balaban J connectivity index is 2.01. The van der Waals surface area contributed by atoms with Gasteiger partial charge in [0.2, 0.25) is 0 Å². The van der Waals surface area contributed by atoms with Crippen LogP contribution >= 0.6 is 11.6 Å². The molecule has 5 heteroatoms. The number of hydrogen-bond donors (Lipinski definition) is 0. The van der Waals surface area contributed by atoms with Gasteiger partial charge in [-0.25, -0.2) is 14.2 Å². The number of aromatic nitrogens is 1. The molecule has 0 unspecified atom stereocenters. The Hall–Kier alpha value is -1.94. The summed E-state index contributed by atoms with van der Waals surface area (Å²) in [6, 6.07) is 9.11. The van der Waals surface area contributed by atoms with Crippen molar-refractivity contribution in [3.05, 3.63) is 64.7 Å². The molecule has 92 valence electrons. The predicted octanol–water partition coefficient (Wildman–Crippen LogP) is 3.23. The quantitative estimate of drug-likeness (QED) is 0.632. The molecule has 2 rings (SSSR count). The molecule has 0 amide bonds. The van der Waals surface area contributed by atoms with Crippen molar-refractivity contribution in [2.75, 3.05) is 0 Å². The average Bonchev–Trinajstić information content (AvgIpc) is 2.38. The maximum atomic E-state index is 13.3. The van der Waals surface area contributed by atoms with Crippen LogP contribution in [0.1, 0.15) is 15.9 Å². The van der Waals surface area contributed by atoms with Crippen LogP contribution < -0.4 is 0 Å². The van der Waals surface area contributed by atoms with Gasteiger partial charge in [0.05, 0.1) is 5.56 Å². The van der Waals surface area contributed by atoms with E-state index in [1.165, 1.54) is 24.4 Å². The summed E-state index contributed by atoms with van der Waals surface area (Å²) < 4.78 is 18.2. The van der Waals surface area contributed by atoms with Crippen molar-refractivity contribution < 1.29 is 13.9 Å². The Morgan fingerprint density at radius 3 is 2.72 bits per heavy atom. The Kier molecular flexibility index (Phi) is 3.89. The number of pyridine rings is 1. The monoisotopic (exact) mass is 265 g/mol. The van der Waals surface area contributed by atoms with E-state index in [1.54, 1.807) is 18.2 Å². The third-order valence-corrected chi connectivity index (χ3v) is 2.50. The molecule has 0 bridgehead atoms. The van der Waals surface area contributed by atoms with E-state index in [9.17, 15) is 9.18 Å². The van der Waals surface area contributed by atoms with E-state index in [1.807, 2.05) is 0 Å². The van der Waals surface area contributed by atoms with Gasteiger partial charge in [-0.1, -0.05) is 29.8 Å². The van der Waals surface area contributed by atoms with Crippen molar-refractivity contribution in [3.63, 3.8) is 0 Å². The summed E-state index contributed by atoms with van der Waals surface area (Å²) in [7, 11) is 0. The van der Waals surface area contributed by atoms with Crippen LogP contribution in [0.5, 0.6) is 0 Å². The summed E-state index contributed by atoms with van der Waals surface area (Å²) in [6.07, 6.45) is 1.31. The number of hydrogen-bond acceptors (Lipinski definition) is 3. The molecule has 0 saturated heterocycles. The number of esters is 1. The zero-order chi connectivity index (χ0) is 13.0. The van der Waals surface area contributed by atoms with Crippen LogP contribution in [0.4, 0.5) is 4.39 Å². The van der Waals surface area contributed by atoms with E-state index in [4.69, 9.17) is 16.3 Å². The van der Waals surface area contributed by atoms with Gasteiger partial charge >= 0.3 is 5.97 Å². The highest BCUT2D eigenvalue weighted by Crippen LogP contribution is 2.10. The molecule has 2 aromatic rings. The largest absolute Gasteiger partial charge is 0.457 e. The zero-order valence-corrected chi connectivity index (χ0v) is 10.0. The highest BCUT2D eigenvalue weighted by molar-refractivity contribution is 6.29. The van der Waals surface area contributed by atoms with Gasteiger partial charge in [0.1, 0.15) is 17.6 Å². The molecule has 1 aromatic carbocycles. The third kappa shape index (κ3) is 3.05. The number of carbonyl (C=O) groups is 1. The minimum absolute atomic E-state index is 0.117. The fraction of sp³-hybridized carbons (Fsp3) is 0.0769. The molecule has 1 aromatic heterocycles. The van der Waals surface area contributed by atoms with Crippen molar-refractivity contribution >= 4 is 17.6 Å². The number of benzene rings is 1. The number of halogens is 2. The van der Waals surface area contributed by atoms with Gasteiger partial charge in [0.25, 0.3) is 0 Å². The SMILES string of the molecule is O=C(OCc1ccccc1F)c1ccc(Cl)nc1. The first kappa shape index (κ1) is 12.5. The molecular formula is C13H9ClFNO2. The van der Waals surface area contributed by atoms with Crippen LogP contribution in [-0.2, 0) is 11.3 Å². The number of rotatable bonds is 3. The van der Waals surface area contributed by atoms with E-state index >= 15 is 0 Å². The highest BCUT2D eigenvalue weighted by Gasteiger charge is 2.09. The van der Waals surface area contributed by atoms with E-state index in [2.05, 4.69) is 4.98 Å². The van der Waals surface area contributed by atoms with Crippen LogP contribution in [0.2, 0.25) is 5.15 Å².